The molecule has 2 aromatic carbocycles. The minimum absolute atomic E-state index is 0. The van der Waals surface area contributed by atoms with Crippen molar-refractivity contribution in [2.45, 2.75) is 76.0 Å². The topological polar surface area (TPSA) is 193 Å². The molecule has 1 radical (unpaired) electrons. The molecule has 0 unspecified atom stereocenters. The van der Waals surface area contributed by atoms with E-state index >= 15 is 0 Å². The van der Waals surface area contributed by atoms with Crippen molar-refractivity contribution >= 4 is 41.9 Å². The molecule has 0 aliphatic rings. The number of aromatic nitrogens is 2. The third-order valence-electron chi connectivity index (χ3n) is 6.56. The van der Waals surface area contributed by atoms with Gasteiger partial charge in [0.05, 0.1) is 20.8 Å². The Balaban J connectivity index is 0.000000421. The number of benzene rings is 2. The fourth-order valence-electron chi connectivity index (χ4n) is 4.31. The number of fused-ring (bicyclic) bond motifs is 2. The maximum atomic E-state index is 12.4. The SMILES string of the molecule is CCCCCNS(=O)(=O)c1ccc([O-])c2nc(C)ccc12.CCCCCNS(=O)(=O)c1ccc([O-])c2nc(C)ccc12.[O-2].[V+4]. The predicted molar refractivity (Wildman–Crippen MR) is 162 cm³/mol. The van der Waals surface area contributed by atoms with Gasteiger partial charge in [-0.05, 0) is 63.1 Å². The fraction of sp³-hybridized carbons (Fsp3) is 0.400. The van der Waals surface area contributed by atoms with Crippen molar-refractivity contribution in [3.8, 4) is 11.5 Å². The molecule has 0 aliphatic carbocycles. The molecule has 0 amide bonds. The summed E-state index contributed by atoms with van der Waals surface area (Å²) in [5.41, 5.74) is 1.77. The number of aryl methyl sites for hydroxylation is 2. The minimum Gasteiger partial charge on any atom is -2.00 e. The Morgan fingerprint density at radius 2 is 0.977 bits per heavy atom. The van der Waals surface area contributed by atoms with Gasteiger partial charge < -0.3 is 15.7 Å². The molecule has 44 heavy (non-hydrogen) atoms. The summed E-state index contributed by atoms with van der Waals surface area (Å²) in [6, 6.07) is 11.9. The number of hydrogen-bond donors (Lipinski definition) is 2. The second kappa shape index (κ2) is 17.6. The summed E-state index contributed by atoms with van der Waals surface area (Å²) in [7, 11) is -7.25. The first-order valence-electron chi connectivity index (χ1n) is 14.0. The van der Waals surface area contributed by atoms with E-state index in [1.807, 2.05) is 0 Å². The van der Waals surface area contributed by atoms with Crippen molar-refractivity contribution in [3.05, 3.63) is 59.9 Å². The molecule has 11 nitrogen and oxygen atoms in total. The van der Waals surface area contributed by atoms with Gasteiger partial charge in [-0.25, -0.2) is 26.3 Å². The summed E-state index contributed by atoms with van der Waals surface area (Å²) in [4.78, 5) is 8.53. The van der Waals surface area contributed by atoms with Crippen LogP contribution in [0.15, 0.2) is 58.3 Å². The third-order valence-corrected chi connectivity index (χ3v) is 9.60. The van der Waals surface area contributed by atoms with Gasteiger partial charge in [-0.1, -0.05) is 63.2 Å². The Kier molecular flexibility index (Phi) is 15.7. The van der Waals surface area contributed by atoms with Crippen LogP contribution in [-0.4, -0.2) is 39.9 Å². The molecule has 237 valence electrons. The van der Waals surface area contributed by atoms with Gasteiger partial charge in [0.25, 0.3) is 0 Å². The first kappa shape index (κ1) is 39.2. The molecule has 14 heteroatoms. The first-order chi connectivity index (χ1) is 19.9. The summed E-state index contributed by atoms with van der Waals surface area (Å²) in [6.07, 6.45) is 5.60. The summed E-state index contributed by atoms with van der Waals surface area (Å²) < 4.78 is 54.6. The van der Waals surface area contributed by atoms with E-state index in [-0.39, 0.29) is 56.4 Å². The van der Waals surface area contributed by atoms with Crippen molar-refractivity contribution in [1.29, 1.82) is 0 Å². The monoisotopic (exact) mass is 681 g/mol. The van der Waals surface area contributed by atoms with Crippen LogP contribution in [0.2, 0.25) is 0 Å². The van der Waals surface area contributed by atoms with Crippen molar-refractivity contribution in [2.24, 2.45) is 0 Å². The minimum atomic E-state index is -3.63. The number of hydrogen-bond acceptors (Lipinski definition) is 8. The van der Waals surface area contributed by atoms with Crippen molar-refractivity contribution in [2.75, 3.05) is 13.1 Å². The van der Waals surface area contributed by atoms with E-state index in [2.05, 4.69) is 33.3 Å². The Hall–Kier alpha value is -2.78. The van der Waals surface area contributed by atoms with Crippen LogP contribution in [-0.2, 0) is 44.1 Å². The zero-order valence-electron chi connectivity index (χ0n) is 25.3. The molecule has 0 atom stereocenters. The smallest absolute Gasteiger partial charge is 2.00 e. The van der Waals surface area contributed by atoms with Gasteiger partial charge >= 0.3 is 18.6 Å². The van der Waals surface area contributed by atoms with Gasteiger partial charge in [0, 0.05) is 35.2 Å². The molecule has 2 aromatic heterocycles. The van der Waals surface area contributed by atoms with Crippen LogP contribution in [0.5, 0.6) is 11.5 Å². The van der Waals surface area contributed by atoms with Gasteiger partial charge in [-0.3, -0.25) is 9.97 Å². The number of sulfonamides is 2. The standard InChI is InChI=1S/2C15H20N2O3S.O.V/c2*1-3-4-5-10-16-21(19,20)14-9-8-13(18)15-12(14)7-6-11(2)17-15;;/h2*6-9,16,18H,3-5,10H2,1-2H3;;/q;;-2;+4/p-2. The van der Waals surface area contributed by atoms with Crippen LogP contribution < -0.4 is 19.7 Å². The van der Waals surface area contributed by atoms with Crippen LogP contribution in [0.25, 0.3) is 21.8 Å². The zero-order valence-corrected chi connectivity index (χ0v) is 28.3. The normalized spacial score (nSPS) is 11.4. The Labute approximate surface area is 271 Å². The molecule has 4 rings (SSSR count). The largest absolute Gasteiger partial charge is 4.00 e. The number of pyridine rings is 2. The molecule has 2 N–H and O–H groups in total. The van der Waals surface area contributed by atoms with Crippen LogP contribution in [0.3, 0.4) is 0 Å². The molecule has 0 saturated carbocycles. The van der Waals surface area contributed by atoms with Gasteiger partial charge in [0.2, 0.25) is 20.0 Å². The molecule has 0 spiro atoms. The number of nitrogens with one attached hydrogen (secondary N) is 2. The van der Waals surface area contributed by atoms with E-state index in [1.165, 1.54) is 24.3 Å². The molecular formula is C30H38N4O7S2V. The van der Waals surface area contributed by atoms with Crippen LogP contribution in [0.4, 0.5) is 0 Å². The third kappa shape index (κ3) is 10.1. The second-order valence-corrected chi connectivity index (χ2v) is 13.5. The maximum absolute atomic E-state index is 12.4. The molecule has 0 aliphatic heterocycles. The summed E-state index contributed by atoms with van der Waals surface area (Å²) in [5.74, 6) is -0.530. The Morgan fingerprint density at radius 3 is 1.32 bits per heavy atom. The molecule has 2 heterocycles. The number of rotatable bonds is 12. The fourth-order valence-corrected chi connectivity index (χ4v) is 6.85. The van der Waals surface area contributed by atoms with E-state index < -0.39 is 20.0 Å². The molecule has 4 aromatic rings. The van der Waals surface area contributed by atoms with Crippen LogP contribution >= 0.6 is 0 Å². The summed E-state index contributed by atoms with van der Waals surface area (Å²) in [6.45, 7) is 8.45. The van der Waals surface area contributed by atoms with Crippen LogP contribution in [0.1, 0.15) is 63.8 Å². The molecule has 0 saturated heterocycles. The second-order valence-electron chi connectivity index (χ2n) is 10.0. The van der Waals surface area contributed by atoms with Gasteiger partial charge in [0.1, 0.15) is 0 Å². The van der Waals surface area contributed by atoms with E-state index in [0.29, 0.717) is 35.2 Å². The predicted octanol–water partition coefficient (Wildman–Crippen LogP) is 4.05. The van der Waals surface area contributed by atoms with E-state index in [4.69, 9.17) is 0 Å². The Bertz CT molecular complexity index is 1620. The molecule has 0 fully saturated rings. The van der Waals surface area contributed by atoms with Gasteiger partial charge in [0.15, 0.2) is 0 Å². The summed E-state index contributed by atoms with van der Waals surface area (Å²) >= 11 is 0. The number of unbranched alkanes of at least 4 members (excludes halogenated alkanes) is 4. The van der Waals surface area contributed by atoms with Crippen molar-refractivity contribution in [3.63, 3.8) is 0 Å². The Morgan fingerprint density at radius 1 is 0.614 bits per heavy atom. The number of nitrogens with zero attached hydrogens (tertiary/aromatic N) is 2. The molecular weight excluding hydrogens is 643 g/mol. The van der Waals surface area contributed by atoms with Crippen LogP contribution in [0, 0.1) is 13.8 Å². The zero-order chi connectivity index (χ0) is 30.9. The van der Waals surface area contributed by atoms with Crippen molar-refractivity contribution in [1.82, 2.24) is 19.4 Å². The van der Waals surface area contributed by atoms with Crippen molar-refractivity contribution < 1.29 is 51.1 Å². The van der Waals surface area contributed by atoms with Gasteiger partial charge in [-0.15, -0.1) is 0 Å². The maximum Gasteiger partial charge on any atom is 4.00 e. The summed E-state index contributed by atoms with van der Waals surface area (Å²) in [5, 5.41) is 24.4. The average molecular weight is 682 g/mol. The van der Waals surface area contributed by atoms with E-state index in [9.17, 15) is 27.0 Å². The van der Waals surface area contributed by atoms with Gasteiger partial charge in [-0.2, -0.15) is 0 Å². The molecule has 0 bridgehead atoms. The quantitative estimate of drug-likeness (QED) is 0.209. The average Bonchev–Trinajstić information content (AvgIpc) is 2.94. The van der Waals surface area contributed by atoms with E-state index in [0.717, 1.165) is 38.5 Å². The first-order valence-corrected chi connectivity index (χ1v) is 17.0. The van der Waals surface area contributed by atoms with E-state index in [1.54, 1.807) is 38.1 Å².